The van der Waals surface area contributed by atoms with Crippen LogP contribution in [0.15, 0.2) is 42.5 Å². The van der Waals surface area contributed by atoms with E-state index in [1.807, 2.05) is 13.8 Å². The standard InChI is InChI=1S/C26H25FN4O4/c1-15-20(8-10-23(32)28-18-7-9-21-22(14-18)35-12-11-34-21)26(33-3)29-25-24(15)16(2)30-31(25)19-6-4-5-17(27)13-19/h4-7,9,13-14H,8,10-12H2,1-3H3,(H,28,32). The highest BCUT2D eigenvalue weighted by Crippen LogP contribution is 2.34. The quantitative estimate of drug-likeness (QED) is 0.440. The fraction of sp³-hybridized carbons (Fsp3) is 0.269. The zero-order valence-corrected chi connectivity index (χ0v) is 19.7. The smallest absolute Gasteiger partial charge is 0.224 e. The Bertz CT molecular complexity index is 1430. The van der Waals surface area contributed by atoms with Gasteiger partial charge in [0.15, 0.2) is 17.1 Å². The Morgan fingerprint density at radius 2 is 1.94 bits per heavy atom. The van der Waals surface area contributed by atoms with Crippen LogP contribution in [0.3, 0.4) is 0 Å². The number of fused-ring (bicyclic) bond motifs is 2. The Hall–Kier alpha value is -4.14. The lowest BCUT2D eigenvalue weighted by Crippen LogP contribution is -2.16. The molecule has 0 fully saturated rings. The van der Waals surface area contributed by atoms with Crippen molar-refractivity contribution in [3.05, 3.63) is 65.1 Å². The molecule has 1 aliphatic rings. The molecule has 0 unspecified atom stereocenters. The number of hydrogen-bond acceptors (Lipinski definition) is 6. The summed E-state index contributed by atoms with van der Waals surface area (Å²) in [7, 11) is 1.54. The average molecular weight is 477 g/mol. The summed E-state index contributed by atoms with van der Waals surface area (Å²) in [5.74, 6) is 1.21. The van der Waals surface area contributed by atoms with Crippen molar-refractivity contribution in [2.24, 2.45) is 0 Å². The van der Waals surface area contributed by atoms with Gasteiger partial charge in [-0.05, 0) is 56.2 Å². The van der Waals surface area contributed by atoms with Crippen LogP contribution in [-0.4, -0.2) is 41.0 Å². The van der Waals surface area contributed by atoms with Gasteiger partial charge in [-0.1, -0.05) is 6.07 Å². The van der Waals surface area contributed by atoms with Gasteiger partial charge in [0.2, 0.25) is 11.8 Å². The number of aromatic nitrogens is 3. The highest BCUT2D eigenvalue weighted by atomic mass is 19.1. The van der Waals surface area contributed by atoms with Gasteiger partial charge in [-0.3, -0.25) is 4.79 Å². The number of carbonyl (C=O) groups is 1. The third-order valence-electron chi connectivity index (χ3n) is 6.00. The number of anilines is 1. The summed E-state index contributed by atoms with van der Waals surface area (Å²) in [6.45, 7) is 4.84. The monoisotopic (exact) mass is 476 g/mol. The van der Waals surface area contributed by atoms with E-state index in [4.69, 9.17) is 14.2 Å². The predicted molar refractivity (Wildman–Crippen MR) is 129 cm³/mol. The Kier molecular flexibility index (Phi) is 5.98. The molecule has 35 heavy (non-hydrogen) atoms. The van der Waals surface area contributed by atoms with Crippen LogP contribution in [-0.2, 0) is 11.2 Å². The molecule has 0 saturated carbocycles. The normalized spacial score (nSPS) is 12.6. The number of nitrogens with zero attached hydrogens (tertiary/aromatic N) is 3. The maximum atomic E-state index is 13.8. The minimum absolute atomic E-state index is 0.143. The van der Waals surface area contributed by atoms with Crippen molar-refractivity contribution in [3.8, 4) is 23.1 Å². The van der Waals surface area contributed by atoms with E-state index in [9.17, 15) is 9.18 Å². The van der Waals surface area contributed by atoms with Crippen molar-refractivity contribution < 1.29 is 23.4 Å². The molecule has 8 nitrogen and oxygen atoms in total. The third kappa shape index (κ3) is 4.37. The lowest BCUT2D eigenvalue weighted by Gasteiger charge is -2.19. The fourth-order valence-electron chi connectivity index (χ4n) is 4.37. The van der Waals surface area contributed by atoms with Gasteiger partial charge in [-0.2, -0.15) is 10.1 Å². The van der Waals surface area contributed by atoms with Crippen LogP contribution >= 0.6 is 0 Å². The van der Waals surface area contributed by atoms with Crippen LogP contribution in [0.2, 0.25) is 0 Å². The molecule has 0 aliphatic carbocycles. The van der Waals surface area contributed by atoms with E-state index in [1.165, 1.54) is 12.1 Å². The van der Waals surface area contributed by atoms with Gasteiger partial charge in [0.1, 0.15) is 19.0 Å². The second-order valence-electron chi connectivity index (χ2n) is 8.31. The summed E-state index contributed by atoms with van der Waals surface area (Å²) in [4.78, 5) is 17.4. The molecule has 0 spiro atoms. The molecule has 0 bridgehead atoms. The molecule has 9 heteroatoms. The summed E-state index contributed by atoms with van der Waals surface area (Å²) < 4.78 is 32.1. The Balaban J connectivity index is 1.40. The number of carbonyl (C=O) groups excluding carboxylic acids is 1. The number of ether oxygens (including phenoxy) is 3. The molecular formula is C26H25FN4O4. The maximum absolute atomic E-state index is 13.8. The molecule has 1 aliphatic heterocycles. The number of pyridine rings is 1. The van der Waals surface area contributed by atoms with Crippen LogP contribution in [0.1, 0.15) is 23.2 Å². The SMILES string of the molecule is COc1nc2c(c(C)nn2-c2cccc(F)c2)c(C)c1CCC(=O)Nc1ccc2c(c1)OCCO2. The van der Waals surface area contributed by atoms with Crippen LogP contribution in [0.5, 0.6) is 17.4 Å². The van der Waals surface area contributed by atoms with Crippen molar-refractivity contribution in [1.29, 1.82) is 0 Å². The highest BCUT2D eigenvalue weighted by molar-refractivity contribution is 5.91. The van der Waals surface area contributed by atoms with E-state index in [2.05, 4.69) is 15.4 Å². The third-order valence-corrected chi connectivity index (χ3v) is 6.00. The number of nitrogens with one attached hydrogen (secondary N) is 1. The average Bonchev–Trinajstić information content (AvgIpc) is 3.19. The second-order valence-corrected chi connectivity index (χ2v) is 8.31. The van der Waals surface area contributed by atoms with E-state index in [1.54, 1.807) is 42.1 Å². The van der Waals surface area contributed by atoms with Crippen molar-refractivity contribution in [3.63, 3.8) is 0 Å². The van der Waals surface area contributed by atoms with Crippen molar-refractivity contribution in [2.45, 2.75) is 26.7 Å². The van der Waals surface area contributed by atoms with Gasteiger partial charge in [-0.15, -0.1) is 0 Å². The molecule has 0 atom stereocenters. The molecule has 2 aromatic carbocycles. The zero-order valence-electron chi connectivity index (χ0n) is 19.7. The lowest BCUT2D eigenvalue weighted by molar-refractivity contribution is -0.116. The van der Waals surface area contributed by atoms with E-state index < -0.39 is 0 Å². The molecule has 1 amide bonds. The highest BCUT2D eigenvalue weighted by Gasteiger charge is 2.21. The molecular weight excluding hydrogens is 451 g/mol. The van der Waals surface area contributed by atoms with Gasteiger partial charge in [0, 0.05) is 29.1 Å². The fourth-order valence-corrected chi connectivity index (χ4v) is 4.37. The maximum Gasteiger partial charge on any atom is 0.224 e. The summed E-state index contributed by atoms with van der Waals surface area (Å²) in [6, 6.07) is 11.5. The first-order valence-corrected chi connectivity index (χ1v) is 11.3. The molecule has 0 radical (unpaired) electrons. The van der Waals surface area contributed by atoms with Crippen LogP contribution < -0.4 is 19.5 Å². The van der Waals surface area contributed by atoms with Crippen LogP contribution in [0.25, 0.3) is 16.7 Å². The summed E-state index contributed by atoms with van der Waals surface area (Å²) in [5, 5.41) is 8.36. The van der Waals surface area contributed by atoms with Crippen LogP contribution in [0, 0.1) is 19.7 Å². The van der Waals surface area contributed by atoms with Crippen LogP contribution in [0.4, 0.5) is 10.1 Å². The number of hydrogen-bond donors (Lipinski definition) is 1. The van der Waals surface area contributed by atoms with Gasteiger partial charge in [-0.25, -0.2) is 9.07 Å². The largest absolute Gasteiger partial charge is 0.486 e. The number of benzene rings is 2. The number of methoxy groups -OCH3 is 1. The molecule has 180 valence electrons. The van der Waals surface area contributed by atoms with Gasteiger partial charge in [0.05, 0.1) is 18.5 Å². The molecule has 1 N–H and O–H groups in total. The van der Waals surface area contributed by atoms with Crippen molar-refractivity contribution in [1.82, 2.24) is 14.8 Å². The van der Waals surface area contributed by atoms with Gasteiger partial charge >= 0.3 is 0 Å². The van der Waals surface area contributed by atoms with E-state index in [0.717, 1.165) is 22.2 Å². The predicted octanol–water partition coefficient (Wildman–Crippen LogP) is 4.53. The number of aryl methyl sites for hydroxylation is 2. The molecule has 2 aromatic heterocycles. The Morgan fingerprint density at radius 3 is 2.71 bits per heavy atom. The van der Waals surface area contributed by atoms with E-state index in [0.29, 0.717) is 54.0 Å². The summed E-state index contributed by atoms with van der Waals surface area (Å²) >= 11 is 0. The zero-order chi connectivity index (χ0) is 24.5. The minimum atomic E-state index is -0.354. The molecule has 0 saturated heterocycles. The van der Waals surface area contributed by atoms with Gasteiger partial charge in [0.25, 0.3) is 0 Å². The number of rotatable bonds is 6. The molecule has 3 heterocycles. The van der Waals surface area contributed by atoms with Crippen molar-refractivity contribution in [2.75, 3.05) is 25.6 Å². The Morgan fingerprint density at radius 1 is 1.14 bits per heavy atom. The lowest BCUT2D eigenvalue weighted by atomic mass is 10.0. The Labute approximate surface area is 201 Å². The second kappa shape index (κ2) is 9.25. The number of amides is 1. The molecule has 4 aromatic rings. The summed E-state index contributed by atoms with van der Waals surface area (Å²) in [6.07, 6.45) is 0.662. The first kappa shape index (κ1) is 22.6. The van der Waals surface area contributed by atoms with E-state index in [-0.39, 0.29) is 18.1 Å². The first-order chi connectivity index (χ1) is 16.9. The van der Waals surface area contributed by atoms with Gasteiger partial charge < -0.3 is 19.5 Å². The summed E-state index contributed by atoms with van der Waals surface area (Å²) in [5.41, 5.74) is 4.32. The topological polar surface area (TPSA) is 87.5 Å². The minimum Gasteiger partial charge on any atom is -0.486 e. The molecule has 5 rings (SSSR count). The van der Waals surface area contributed by atoms with E-state index >= 15 is 0 Å². The van der Waals surface area contributed by atoms with Crippen molar-refractivity contribution >= 4 is 22.6 Å². The number of halogens is 1. The first-order valence-electron chi connectivity index (χ1n) is 11.3.